The molecule has 1 heterocycles. The van der Waals surface area contributed by atoms with Crippen LogP contribution in [-0.4, -0.2) is 12.1 Å². The lowest BCUT2D eigenvalue weighted by Gasteiger charge is -2.00. The molecule has 3 heteroatoms. The summed E-state index contributed by atoms with van der Waals surface area (Å²) in [5.41, 5.74) is 3.40. The zero-order valence-corrected chi connectivity index (χ0v) is 8.97. The fourth-order valence-corrected chi connectivity index (χ4v) is 1.97. The number of benzene rings is 1. The van der Waals surface area contributed by atoms with Gasteiger partial charge in [0.05, 0.1) is 12.8 Å². The Morgan fingerprint density at radius 1 is 1.29 bits per heavy atom. The van der Waals surface area contributed by atoms with E-state index in [1.165, 1.54) is 22.5 Å². The van der Waals surface area contributed by atoms with E-state index in [4.69, 9.17) is 4.74 Å². The standard InChI is InChI=1S/C11H11NOS/c1-8-5-3-4-6-9(8)10-7-14-11(12-10)13-2/h3-7H,1-2H3. The molecule has 0 radical (unpaired) electrons. The predicted octanol–water partition coefficient (Wildman–Crippen LogP) is 3.13. The lowest BCUT2D eigenvalue weighted by atomic mass is 10.1. The van der Waals surface area contributed by atoms with E-state index in [0.29, 0.717) is 5.19 Å². The van der Waals surface area contributed by atoms with Crippen molar-refractivity contribution in [1.82, 2.24) is 4.98 Å². The molecule has 0 aliphatic rings. The highest BCUT2D eigenvalue weighted by atomic mass is 32.1. The summed E-state index contributed by atoms with van der Waals surface area (Å²) in [6, 6.07) is 8.21. The second-order valence-corrected chi connectivity index (χ2v) is 3.84. The maximum absolute atomic E-state index is 5.06. The van der Waals surface area contributed by atoms with Crippen molar-refractivity contribution in [2.75, 3.05) is 7.11 Å². The zero-order valence-electron chi connectivity index (χ0n) is 8.15. The molecular formula is C11H11NOS. The highest BCUT2D eigenvalue weighted by Crippen LogP contribution is 2.27. The van der Waals surface area contributed by atoms with Gasteiger partial charge in [-0.05, 0) is 12.5 Å². The molecule has 0 atom stereocenters. The third-order valence-corrected chi connectivity index (χ3v) is 2.88. The van der Waals surface area contributed by atoms with E-state index in [1.807, 2.05) is 17.5 Å². The minimum absolute atomic E-state index is 0.711. The average molecular weight is 205 g/mol. The second kappa shape index (κ2) is 3.80. The van der Waals surface area contributed by atoms with Crippen LogP contribution >= 0.6 is 11.3 Å². The summed E-state index contributed by atoms with van der Waals surface area (Å²) >= 11 is 1.52. The minimum Gasteiger partial charge on any atom is -0.473 e. The Labute approximate surface area is 87.2 Å². The van der Waals surface area contributed by atoms with Crippen molar-refractivity contribution >= 4 is 11.3 Å². The highest BCUT2D eigenvalue weighted by molar-refractivity contribution is 7.11. The SMILES string of the molecule is COc1nc(-c2ccccc2C)cs1. The van der Waals surface area contributed by atoms with Crippen LogP contribution < -0.4 is 4.74 Å². The van der Waals surface area contributed by atoms with Gasteiger partial charge in [0.25, 0.3) is 5.19 Å². The van der Waals surface area contributed by atoms with Gasteiger partial charge in [0, 0.05) is 10.9 Å². The minimum atomic E-state index is 0.711. The van der Waals surface area contributed by atoms with E-state index in [-0.39, 0.29) is 0 Å². The first kappa shape index (κ1) is 9.21. The molecule has 14 heavy (non-hydrogen) atoms. The molecule has 2 nitrogen and oxygen atoms in total. The molecule has 1 aromatic heterocycles. The first-order valence-electron chi connectivity index (χ1n) is 4.37. The number of thiazole rings is 1. The normalized spacial score (nSPS) is 10.1. The summed E-state index contributed by atoms with van der Waals surface area (Å²) in [7, 11) is 1.64. The molecule has 72 valence electrons. The number of methoxy groups -OCH3 is 1. The van der Waals surface area contributed by atoms with Gasteiger partial charge in [0.2, 0.25) is 0 Å². The molecule has 0 N–H and O–H groups in total. The quantitative estimate of drug-likeness (QED) is 0.751. The third kappa shape index (κ3) is 1.63. The van der Waals surface area contributed by atoms with E-state index < -0.39 is 0 Å². The molecule has 0 fully saturated rings. The van der Waals surface area contributed by atoms with Crippen molar-refractivity contribution in [1.29, 1.82) is 0 Å². The van der Waals surface area contributed by atoms with E-state index >= 15 is 0 Å². The molecule has 1 aromatic carbocycles. The molecule has 0 amide bonds. The smallest absolute Gasteiger partial charge is 0.273 e. The van der Waals surface area contributed by atoms with Gasteiger partial charge < -0.3 is 4.74 Å². The monoisotopic (exact) mass is 205 g/mol. The lowest BCUT2D eigenvalue weighted by molar-refractivity contribution is 0.412. The van der Waals surface area contributed by atoms with Crippen molar-refractivity contribution < 1.29 is 4.74 Å². The fraction of sp³-hybridized carbons (Fsp3) is 0.182. The first-order valence-corrected chi connectivity index (χ1v) is 5.25. The molecule has 0 unspecified atom stereocenters. The van der Waals surface area contributed by atoms with Crippen LogP contribution in [0.5, 0.6) is 5.19 Å². The van der Waals surface area contributed by atoms with Crippen LogP contribution in [-0.2, 0) is 0 Å². The number of rotatable bonds is 2. The van der Waals surface area contributed by atoms with E-state index in [9.17, 15) is 0 Å². The Bertz CT molecular complexity index is 436. The third-order valence-electron chi connectivity index (χ3n) is 2.08. The Kier molecular flexibility index (Phi) is 2.50. The van der Waals surface area contributed by atoms with Gasteiger partial charge in [-0.2, -0.15) is 0 Å². The Hall–Kier alpha value is -1.35. The van der Waals surface area contributed by atoms with Crippen molar-refractivity contribution in [2.24, 2.45) is 0 Å². The van der Waals surface area contributed by atoms with Gasteiger partial charge in [0.1, 0.15) is 0 Å². The maximum atomic E-state index is 5.06. The summed E-state index contributed by atoms with van der Waals surface area (Å²) in [5, 5.41) is 2.73. The zero-order chi connectivity index (χ0) is 9.97. The fourth-order valence-electron chi connectivity index (χ4n) is 1.34. The Morgan fingerprint density at radius 3 is 2.71 bits per heavy atom. The van der Waals surface area contributed by atoms with Gasteiger partial charge in [-0.3, -0.25) is 0 Å². The maximum Gasteiger partial charge on any atom is 0.273 e. The molecule has 0 bridgehead atoms. The van der Waals surface area contributed by atoms with Crippen LogP contribution in [0.15, 0.2) is 29.6 Å². The first-order chi connectivity index (χ1) is 6.81. The molecule has 0 aliphatic heterocycles. The van der Waals surface area contributed by atoms with Crippen molar-refractivity contribution in [2.45, 2.75) is 6.92 Å². The van der Waals surface area contributed by atoms with Gasteiger partial charge in [-0.25, -0.2) is 4.98 Å². The topological polar surface area (TPSA) is 22.1 Å². The molecule has 0 saturated heterocycles. The summed E-state index contributed by atoms with van der Waals surface area (Å²) in [6.45, 7) is 2.08. The van der Waals surface area contributed by atoms with Crippen LogP contribution in [0.2, 0.25) is 0 Å². The average Bonchev–Trinajstić information content (AvgIpc) is 2.67. The van der Waals surface area contributed by atoms with Crippen molar-refractivity contribution in [3.63, 3.8) is 0 Å². The molecule has 0 spiro atoms. The molecule has 2 aromatic rings. The summed E-state index contributed by atoms with van der Waals surface area (Å²) in [6.07, 6.45) is 0. The predicted molar refractivity (Wildman–Crippen MR) is 58.8 cm³/mol. The van der Waals surface area contributed by atoms with Crippen LogP contribution in [0.3, 0.4) is 0 Å². The van der Waals surface area contributed by atoms with Crippen LogP contribution in [0.1, 0.15) is 5.56 Å². The number of ether oxygens (including phenoxy) is 1. The van der Waals surface area contributed by atoms with Gasteiger partial charge >= 0.3 is 0 Å². The molecular weight excluding hydrogens is 194 g/mol. The van der Waals surface area contributed by atoms with Gasteiger partial charge in [0.15, 0.2) is 0 Å². The largest absolute Gasteiger partial charge is 0.473 e. The van der Waals surface area contributed by atoms with Crippen LogP contribution in [0.25, 0.3) is 11.3 Å². The van der Waals surface area contributed by atoms with Crippen LogP contribution in [0.4, 0.5) is 0 Å². The van der Waals surface area contributed by atoms with Gasteiger partial charge in [-0.15, -0.1) is 0 Å². The van der Waals surface area contributed by atoms with Gasteiger partial charge in [-0.1, -0.05) is 35.6 Å². The molecule has 0 aliphatic carbocycles. The number of aromatic nitrogens is 1. The molecule has 0 saturated carbocycles. The second-order valence-electron chi connectivity index (χ2n) is 3.02. The number of nitrogens with zero attached hydrogens (tertiary/aromatic N) is 1. The number of hydrogen-bond acceptors (Lipinski definition) is 3. The van der Waals surface area contributed by atoms with E-state index in [0.717, 1.165) is 5.69 Å². The van der Waals surface area contributed by atoms with Crippen molar-refractivity contribution in [3.8, 4) is 16.5 Å². The molecule has 2 rings (SSSR count). The Morgan fingerprint density at radius 2 is 2.07 bits per heavy atom. The Balaban J connectivity index is 2.44. The van der Waals surface area contributed by atoms with Crippen LogP contribution in [0, 0.1) is 6.92 Å². The lowest BCUT2D eigenvalue weighted by Crippen LogP contribution is -1.84. The number of hydrogen-bond donors (Lipinski definition) is 0. The highest BCUT2D eigenvalue weighted by Gasteiger charge is 2.05. The summed E-state index contributed by atoms with van der Waals surface area (Å²) < 4.78 is 5.06. The summed E-state index contributed by atoms with van der Waals surface area (Å²) in [5.74, 6) is 0. The number of aryl methyl sites for hydroxylation is 1. The van der Waals surface area contributed by atoms with E-state index in [2.05, 4.69) is 24.0 Å². The summed E-state index contributed by atoms with van der Waals surface area (Å²) in [4.78, 5) is 4.36. The van der Waals surface area contributed by atoms with Crippen molar-refractivity contribution in [3.05, 3.63) is 35.2 Å². The van der Waals surface area contributed by atoms with E-state index in [1.54, 1.807) is 7.11 Å².